The molecule has 2 heterocycles. The van der Waals surface area contributed by atoms with Crippen molar-refractivity contribution in [1.29, 1.82) is 0 Å². The molecule has 0 aliphatic carbocycles. The number of ether oxygens (including phenoxy) is 1. The lowest BCUT2D eigenvalue weighted by molar-refractivity contribution is 0.122. The highest BCUT2D eigenvalue weighted by atomic mass is 16.5. The van der Waals surface area contributed by atoms with Gasteiger partial charge in [0.15, 0.2) is 5.96 Å². The predicted octanol–water partition coefficient (Wildman–Crippen LogP) is 1.27. The van der Waals surface area contributed by atoms with Gasteiger partial charge in [0, 0.05) is 31.4 Å². The fourth-order valence-electron chi connectivity index (χ4n) is 2.76. The molecule has 2 N–H and O–H groups in total. The zero-order chi connectivity index (χ0) is 14.7. The third kappa shape index (κ3) is 3.47. The van der Waals surface area contributed by atoms with Crippen molar-refractivity contribution in [1.82, 2.24) is 10.6 Å². The number of hydrogen-bond donors (Lipinski definition) is 2. The highest BCUT2D eigenvalue weighted by molar-refractivity contribution is 5.81. The van der Waals surface area contributed by atoms with Crippen LogP contribution in [0.4, 0.5) is 5.69 Å². The largest absolute Gasteiger partial charge is 0.378 e. The van der Waals surface area contributed by atoms with Gasteiger partial charge in [0.05, 0.1) is 19.8 Å². The van der Waals surface area contributed by atoms with Crippen molar-refractivity contribution in [3.63, 3.8) is 0 Å². The van der Waals surface area contributed by atoms with E-state index in [1.54, 1.807) is 0 Å². The van der Waals surface area contributed by atoms with Gasteiger partial charge in [-0.1, -0.05) is 12.1 Å². The number of rotatable bonds is 3. The fraction of sp³-hybridized carbons (Fsp3) is 0.562. The van der Waals surface area contributed by atoms with Crippen LogP contribution in [-0.2, 0) is 11.3 Å². The highest BCUT2D eigenvalue weighted by Crippen LogP contribution is 2.23. The summed E-state index contributed by atoms with van der Waals surface area (Å²) in [4.78, 5) is 6.87. The summed E-state index contributed by atoms with van der Waals surface area (Å²) in [6.45, 7) is 9.49. The van der Waals surface area contributed by atoms with Crippen LogP contribution in [0, 0.1) is 6.92 Å². The Hall–Kier alpha value is -1.75. The van der Waals surface area contributed by atoms with Crippen LogP contribution in [0.5, 0.6) is 0 Å². The van der Waals surface area contributed by atoms with Gasteiger partial charge in [-0.25, -0.2) is 0 Å². The molecule has 1 aromatic carbocycles. The van der Waals surface area contributed by atoms with Crippen molar-refractivity contribution in [3.05, 3.63) is 29.3 Å². The van der Waals surface area contributed by atoms with Gasteiger partial charge in [-0.05, 0) is 31.0 Å². The van der Waals surface area contributed by atoms with E-state index in [-0.39, 0.29) is 0 Å². The second-order valence-electron chi connectivity index (χ2n) is 5.82. The number of aryl methyl sites for hydroxylation is 1. The van der Waals surface area contributed by atoms with Crippen LogP contribution in [0.15, 0.2) is 23.2 Å². The molecule has 0 saturated carbocycles. The number of morpholine rings is 1. The van der Waals surface area contributed by atoms with Crippen LogP contribution in [0.2, 0.25) is 0 Å². The first-order valence-corrected chi connectivity index (χ1v) is 7.69. The molecule has 1 unspecified atom stereocenters. The molecule has 21 heavy (non-hydrogen) atoms. The molecular weight excluding hydrogens is 264 g/mol. The maximum atomic E-state index is 5.46. The number of anilines is 1. The van der Waals surface area contributed by atoms with Gasteiger partial charge in [0.25, 0.3) is 0 Å². The molecule has 2 aliphatic heterocycles. The van der Waals surface area contributed by atoms with E-state index in [0.29, 0.717) is 6.04 Å². The lowest BCUT2D eigenvalue weighted by Crippen LogP contribution is -2.39. The van der Waals surface area contributed by atoms with Gasteiger partial charge < -0.3 is 20.3 Å². The molecule has 0 aromatic heterocycles. The van der Waals surface area contributed by atoms with E-state index in [4.69, 9.17) is 4.74 Å². The van der Waals surface area contributed by atoms with Crippen LogP contribution in [0.25, 0.3) is 0 Å². The molecule has 0 amide bonds. The molecule has 3 rings (SSSR count). The van der Waals surface area contributed by atoms with Crippen LogP contribution < -0.4 is 15.5 Å². The fourth-order valence-corrected chi connectivity index (χ4v) is 2.76. The normalized spacial score (nSPS) is 21.9. The van der Waals surface area contributed by atoms with Crippen molar-refractivity contribution in [2.75, 3.05) is 37.7 Å². The quantitative estimate of drug-likeness (QED) is 0.879. The van der Waals surface area contributed by atoms with E-state index in [9.17, 15) is 0 Å². The zero-order valence-electron chi connectivity index (χ0n) is 12.9. The molecule has 0 radical (unpaired) electrons. The van der Waals surface area contributed by atoms with Gasteiger partial charge in [-0.3, -0.25) is 4.99 Å². The second kappa shape index (κ2) is 6.35. The van der Waals surface area contributed by atoms with E-state index >= 15 is 0 Å². The highest BCUT2D eigenvalue weighted by Gasteiger charge is 2.16. The lowest BCUT2D eigenvalue weighted by Gasteiger charge is -2.31. The maximum absolute atomic E-state index is 5.46. The van der Waals surface area contributed by atoms with E-state index in [0.717, 1.165) is 45.4 Å². The Balaban J connectivity index is 1.71. The first-order valence-electron chi connectivity index (χ1n) is 7.69. The monoisotopic (exact) mass is 288 g/mol. The van der Waals surface area contributed by atoms with Crippen LogP contribution in [-0.4, -0.2) is 44.8 Å². The van der Waals surface area contributed by atoms with Gasteiger partial charge >= 0.3 is 0 Å². The zero-order valence-corrected chi connectivity index (χ0v) is 12.9. The molecule has 0 spiro atoms. The molecule has 114 valence electrons. The minimum Gasteiger partial charge on any atom is -0.378 e. The summed E-state index contributed by atoms with van der Waals surface area (Å²) >= 11 is 0. The third-order valence-electron chi connectivity index (χ3n) is 3.95. The number of nitrogens with zero attached hydrogens (tertiary/aromatic N) is 2. The predicted molar refractivity (Wildman–Crippen MR) is 86.0 cm³/mol. The minimum atomic E-state index is 0.434. The van der Waals surface area contributed by atoms with Crippen molar-refractivity contribution in [3.8, 4) is 0 Å². The first kappa shape index (κ1) is 14.2. The summed E-state index contributed by atoms with van der Waals surface area (Å²) in [5, 5.41) is 6.75. The molecule has 0 bridgehead atoms. The van der Waals surface area contributed by atoms with E-state index in [1.165, 1.54) is 16.8 Å². The Bertz CT molecular complexity index is 523. The molecule has 1 aromatic rings. The molecule has 2 aliphatic rings. The second-order valence-corrected chi connectivity index (χ2v) is 5.82. The Labute approximate surface area is 126 Å². The lowest BCUT2D eigenvalue weighted by atomic mass is 10.1. The smallest absolute Gasteiger partial charge is 0.191 e. The number of guanidine groups is 1. The standard InChI is InChI=1S/C16H24N4O/c1-12-3-4-14(11-18-16-17-10-13(2)19-16)15(9-12)20-5-7-21-8-6-20/h3-4,9,13H,5-8,10-11H2,1-2H3,(H2,17,18,19). The van der Waals surface area contributed by atoms with E-state index in [2.05, 4.69) is 52.6 Å². The van der Waals surface area contributed by atoms with Crippen molar-refractivity contribution >= 4 is 11.6 Å². The Morgan fingerprint density at radius 2 is 2.19 bits per heavy atom. The minimum absolute atomic E-state index is 0.434. The molecule has 1 saturated heterocycles. The van der Waals surface area contributed by atoms with Crippen molar-refractivity contribution in [2.45, 2.75) is 26.4 Å². The SMILES string of the molecule is Cc1ccc(CNC2=NCC(C)N2)c(N2CCOCC2)c1. The molecule has 1 atom stereocenters. The summed E-state index contributed by atoms with van der Waals surface area (Å²) in [7, 11) is 0. The Kier molecular flexibility index (Phi) is 4.29. The summed E-state index contributed by atoms with van der Waals surface area (Å²) < 4.78 is 5.46. The van der Waals surface area contributed by atoms with Crippen molar-refractivity contribution < 1.29 is 4.74 Å². The molecular formula is C16H24N4O. The number of benzene rings is 1. The number of nitrogens with one attached hydrogen (secondary N) is 2. The van der Waals surface area contributed by atoms with Crippen LogP contribution in [0.3, 0.4) is 0 Å². The topological polar surface area (TPSA) is 48.9 Å². The van der Waals surface area contributed by atoms with Gasteiger partial charge in [-0.2, -0.15) is 0 Å². The Morgan fingerprint density at radius 1 is 1.38 bits per heavy atom. The summed E-state index contributed by atoms with van der Waals surface area (Å²) in [5.41, 5.74) is 3.93. The summed E-state index contributed by atoms with van der Waals surface area (Å²) in [6, 6.07) is 7.10. The molecule has 1 fully saturated rings. The Morgan fingerprint density at radius 3 is 2.90 bits per heavy atom. The van der Waals surface area contributed by atoms with E-state index < -0.39 is 0 Å². The summed E-state index contributed by atoms with van der Waals surface area (Å²) in [6.07, 6.45) is 0. The first-order chi connectivity index (χ1) is 10.2. The molecule has 5 heteroatoms. The van der Waals surface area contributed by atoms with Gasteiger partial charge in [0.2, 0.25) is 0 Å². The van der Waals surface area contributed by atoms with Crippen molar-refractivity contribution in [2.24, 2.45) is 4.99 Å². The molecule has 5 nitrogen and oxygen atoms in total. The van der Waals surface area contributed by atoms with Crippen LogP contribution in [0.1, 0.15) is 18.1 Å². The van der Waals surface area contributed by atoms with E-state index in [1.807, 2.05) is 0 Å². The van der Waals surface area contributed by atoms with Crippen LogP contribution >= 0.6 is 0 Å². The summed E-state index contributed by atoms with van der Waals surface area (Å²) in [5.74, 6) is 0.913. The number of aliphatic imine (C=N–C) groups is 1. The van der Waals surface area contributed by atoms with Gasteiger partial charge in [-0.15, -0.1) is 0 Å². The average molecular weight is 288 g/mol. The average Bonchev–Trinajstić information content (AvgIpc) is 2.92. The van der Waals surface area contributed by atoms with Gasteiger partial charge in [0.1, 0.15) is 0 Å². The third-order valence-corrected chi connectivity index (χ3v) is 3.95. The number of hydrogen-bond acceptors (Lipinski definition) is 5. The maximum Gasteiger partial charge on any atom is 0.191 e.